The summed E-state index contributed by atoms with van der Waals surface area (Å²) in [4.78, 5) is 35.6. The van der Waals surface area contributed by atoms with Gasteiger partial charge in [-0.25, -0.2) is 9.48 Å². The van der Waals surface area contributed by atoms with Crippen LogP contribution in [0.15, 0.2) is 59.4 Å². The number of fused-ring (bicyclic) bond motifs is 1. The maximum absolute atomic E-state index is 12.2. The van der Waals surface area contributed by atoms with Crippen LogP contribution >= 0.6 is 0 Å². The molecule has 7 heteroatoms. The molecule has 28 heavy (non-hydrogen) atoms. The number of amides is 1. The van der Waals surface area contributed by atoms with Gasteiger partial charge in [0.05, 0.1) is 5.69 Å². The maximum Gasteiger partial charge on any atom is 0.326 e. The first kappa shape index (κ1) is 19.3. The number of nitrogens with zero attached hydrogens (tertiary/aromatic N) is 2. The predicted molar refractivity (Wildman–Crippen MR) is 106 cm³/mol. The molecule has 0 aliphatic rings. The van der Waals surface area contributed by atoms with Crippen LogP contribution in [0.25, 0.3) is 22.0 Å². The molecular formula is C21H21N3O4. The lowest BCUT2D eigenvalue weighted by molar-refractivity contribution is -0.143. The Labute approximate surface area is 161 Å². The molecule has 1 aromatic heterocycles. The Morgan fingerprint density at radius 3 is 2.46 bits per heavy atom. The van der Waals surface area contributed by atoms with Crippen molar-refractivity contribution in [2.75, 3.05) is 0 Å². The molecule has 144 valence electrons. The zero-order chi connectivity index (χ0) is 20.3. The number of hydrogen-bond donors (Lipinski definition) is 2. The van der Waals surface area contributed by atoms with E-state index in [0.717, 1.165) is 21.0 Å². The van der Waals surface area contributed by atoms with E-state index in [2.05, 4.69) is 10.4 Å². The molecule has 7 nitrogen and oxygen atoms in total. The average Bonchev–Trinajstić information content (AvgIpc) is 2.67. The largest absolute Gasteiger partial charge is 0.480 e. The number of carboxylic acid groups (broad SMARTS) is 1. The summed E-state index contributed by atoms with van der Waals surface area (Å²) in [5.74, 6) is -1.98. The first-order valence-corrected chi connectivity index (χ1v) is 8.94. The van der Waals surface area contributed by atoms with E-state index in [1.54, 1.807) is 19.9 Å². The van der Waals surface area contributed by atoms with Gasteiger partial charge in [-0.15, -0.1) is 0 Å². The van der Waals surface area contributed by atoms with Gasteiger partial charge in [0.15, 0.2) is 0 Å². The lowest BCUT2D eigenvalue weighted by atomic mass is 10.0. The minimum atomic E-state index is -1.12. The van der Waals surface area contributed by atoms with Gasteiger partial charge in [-0.3, -0.25) is 9.59 Å². The Morgan fingerprint density at radius 1 is 1.07 bits per heavy atom. The smallest absolute Gasteiger partial charge is 0.326 e. The minimum absolute atomic E-state index is 0.282. The minimum Gasteiger partial charge on any atom is -0.480 e. The fourth-order valence-electron chi connectivity index (χ4n) is 2.93. The Kier molecular flexibility index (Phi) is 5.54. The van der Waals surface area contributed by atoms with E-state index in [1.165, 1.54) is 6.07 Å². The van der Waals surface area contributed by atoms with Crippen LogP contribution in [0, 0.1) is 5.92 Å². The summed E-state index contributed by atoms with van der Waals surface area (Å²) < 4.78 is 1.04. The zero-order valence-electron chi connectivity index (χ0n) is 15.6. The Hall–Kier alpha value is -3.48. The van der Waals surface area contributed by atoms with E-state index in [1.807, 2.05) is 42.5 Å². The number of hydrogen-bond acceptors (Lipinski definition) is 4. The van der Waals surface area contributed by atoms with Crippen LogP contribution in [-0.2, 0) is 16.1 Å². The second kappa shape index (κ2) is 8.04. The van der Waals surface area contributed by atoms with E-state index < -0.39 is 23.5 Å². The van der Waals surface area contributed by atoms with Gasteiger partial charge >= 0.3 is 5.97 Å². The molecule has 3 aromatic rings. The zero-order valence-corrected chi connectivity index (χ0v) is 15.6. The van der Waals surface area contributed by atoms with Crippen LogP contribution < -0.4 is 10.9 Å². The normalized spacial score (nSPS) is 12.1. The van der Waals surface area contributed by atoms with Crippen LogP contribution in [0.1, 0.15) is 13.8 Å². The van der Waals surface area contributed by atoms with Crippen molar-refractivity contribution in [3.8, 4) is 11.3 Å². The summed E-state index contributed by atoms with van der Waals surface area (Å²) in [7, 11) is 0. The topological polar surface area (TPSA) is 101 Å². The quantitative estimate of drug-likeness (QED) is 0.684. The van der Waals surface area contributed by atoms with Crippen molar-refractivity contribution in [1.29, 1.82) is 0 Å². The number of carboxylic acids is 1. The molecular weight excluding hydrogens is 358 g/mol. The standard InChI is InChI=1S/C21H21N3O4/c1-13(2)20(21(27)28)22-18(25)12-24-19(26)10-9-17(23-24)16-8-7-14-5-3-4-6-15(14)11-16/h3-11,13,20H,12H2,1-2H3,(H,22,25)(H,27,28). The summed E-state index contributed by atoms with van der Waals surface area (Å²) in [6.07, 6.45) is 0. The molecule has 1 heterocycles. The Bertz CT molecular complexity index is 1090. The monoisotopic (exact) mass is 379 g/mol. The van der Waals surface area contributed by atoms with Crippen molar-refractivity contribution in [2.45, 2.75) is 26.4 Å². The summed E-state index contributed by atoms with van der Waals surface area (Å²) >= 11 is 0. The summed E-state index contributed by atoms with van der Waals surface area (Å²) in [5, 5.41) is 18.0. The highest BCUT2D eigenvalue weighted by Crippen LogP contribution is 2.22. The number of aromatic nitrogens is 2. The predicted octanol–water partition coefficient (Wildman–Crippen LogP) is 2.29. The molecule has 0 bridgehead atoms. The molecule has 1 amide bonds. The van der Waals surface area contributed by atoms with Crippen LogP contribution in [0.2, 0.25) is 0 Å². The van der Waals surface area contributed by atoms with Gasteiger partial charge in [0, 0.05) is 11.6 Å². The SMILES string of the molecule is CC(C)C(NC(=O)Cn1nc(-c2ccc3ccccc3c2)ccc1=O)C(=O)O. The Morgan fingerprint density at radius 2 is 1.79 bits per heavy atom. The Balaban J connectivity index is 1.85. The molecule has 0 fully saturated rings. The van der Waals surface area contributed by atoms with Crippen molar-refractivity contribution in [3.63, 3.8) is 0 Å². The van der Waals surface area contributed by atoms with Crippen molar-refractivity contribution < 1.29 is 14.7 Å². The van der Waals surface area contributed by atoms with Gasteiger partial charge in [0.1, 0.15) is 12.6 Å². The molecule has 1 unspecified atom stereocenters. The van der Waals surface area contributed by atoms with E-state index in [0.29, 0.717) is 5.69 Å². The van der Waals surface area contributed by atoms with E-state index in [9.17, 15) is 19.5 Å². The summed E-state index contributed by atoms with van der Waals surface area (Å²) in [5.41, 5.74) is 0.936. The first-order chi connectivity index (χ1) is 13.3. The van der Waals surface area contributed by atoms with Crippen LogP contribution in [0.5, 0.6) is 0 Å². The third kappa shape index (κ3) is 4.25. The van der Waals surface area contributed by atoms with Gasteiger partial charge in [-0.1, -0.05) is 50.2 Å². The molecule has 2 aromatic carbocycles. The average molecular weight is 379 g/mol. The van der Waals surface area contributed by atoms with Gasteiger partial charge in [-0.2, -0.15) is 5.10 Å². The molecule has 0 radical (unpaired) electrons. The van der Waals surface area contributed by atoms with Crippen LogP contribution in [0.3, 0.4) is 0 Å². The van der Waals surface area contributed by atoms with Crippen LogP contribution in [0.4, 0.5) is 0 Å². The highest BCUT2D eigenvalue weighted by Gasteiger charge is 2.23. The fourth-order valence-corrected chi connectivity index (χ4v) is 2.93. The lowest BCUT2D eigenvalue weighted by Crippen LogP contribution is -2.46. The maximum atomic E-state index is 12.2. The number of carbonyl (C=O) groups excluding carboxylic acids is 1. The van der Waals surface area contributed by atoms with Gasteiger partial charge in [-0.05, 0) is 28.8 Å². The fraction of sp³-hybridized carbons (Fsp3) is 0.238. The van der Waals surface area contributed by atoms with Crippen molar-refractivity contribution in [2.24, 2.45) is 5.92 Å². The lowest BCUT2D eigenvalue weighted by Gasteiger charge is -2.18. The molecule has 0 saturated heterocycles. The second-order valence-electron chi connectivity index (χ2n) is 6.90. The number of nitrogens with one attached hydrogen (secondary N) is 1. The van der Waals surface area contributed by atoms with E-state index in [-0.39, 0.29) is 12.5 Å². The summed E-state index contributed by atoms with van der Waals surface area (Å²) in [6, 6.07) is 15.7. The van der Waals surface area contributed by atoms with Gasteiger partial charge < -0.3 is 10.4 Å². The number of rotatable bonds is 6. The van der Waals surface area contributed by atoms with E-state index in [4.69, 9.17) is 0 Å². The van der Waals surface area contributed by atoms with Crippen molar-refractivity contribution in [1.82, 2.24) is 15.1 Å². The molecule has 0 aliphatic heterocycles. The van der Waals surface area contributed by atoms with Gasteiger partial charge in [0.2, 0.25) is 5.91 Å². The first-order valence-electron chi connectivity index (χ1n) is 8.94. The van der Waals surface area contributed by atoms with Gasteiger partial charge in [0.25, 0.3) is 5.56 Å². The number of carbonyl (C=O) groups is 2. The summed E-state index contributed by atoms with van der Waals surface area (Å²) in [6.45, 7) is 3.05. The third-order valence-electron chi connectivity index (χ3n) is 4.45. The van der Waals surface area contributed by atoms with Crippen molar-refractivity contribution >= 4 is 22.6 Å². The molecule has 3 rings (SSSR count). The number of aliphatic carboxylic acids is 1. The highest BCUT2D eigenvalue weighted by molar-refractivity contribution is 5.86. The third-order valence-corrected chi connectivity index (χ3v) is 4.45. The van der Waals surface area contributed by atoms with E-state index >= 15 is 0 Å². The molecule has 0 saturated carbocycles. The second-order valence-corrected chi connectivity index (χ2v) is 6.90. The molecule has 2 N–H and O–H groups in total. The van der Waals surface area contributed by atoms with Crippen molar-refractivity contribution in [3.05, 3.63) is 65.0 Å². The number of benzene rings is 2. The highest BCUT2D eigenvalue weighted by atomic mass is 16.4. The molecule has 1 atom stereocenters. The molecule has 0 spiro atoms. The molecule has 0 aliphatic carbocycles. The van der Waals surface area contributed by atoms with Crippen LogP contribution in [-0.4, -0.2) is 32.8 Å².